The van der Waals surface area contributed by atoms with Gasteiger partial charge in [-0.1, -0.05) is 15.9 Å². The molecule has 24 heavy (non-hydrogen) atoms. The van der Waals surface area contributed by atoms with Gasteiger partial charge in [0.1, 0.15) is 6.29 Å². The van der Waals surface area contributed by atoms with Gasteiger partial charge in [-0.15, -0.1) is 0 Å². The minimum atomic E-state index is -0.668. The summed E-state index contributed by atoms with van der Waals surface area (Å²) < 4.78 is 6.13. The minimum absolute atomic E-state index is 0.0762. The molecule has 0 saturated heterocycles. The van der Waals surface area contributed by atoms with Gasteiger partial charge in [-0.25, -0.2) is 0 Å². The van der Waals surface area contributed by atoms with Crippen LogP contribution in [0.3, 0.4) is 0 Å². The summed E-state index contributed by atoms with van der Waals surface area (Å²) >= 11 is 3.36. The summed E-state index contributed by atoms with van der Waals surface area (Å²) in [7, 11) is 0. The molecule has 124 valence electrons. The first kappa shape index (κ1) is 17.6. The maximum absolute atomic E-state index is 11.9. The summed E-state index contributed by atoms with van der Waals surface area (Å²) in [5.74, 6) is -0.529. The SMILES string of the molecule is Cc1cc(NC(=O)COc2ccc(C=O)cc2[N+](=O)[O-])ccc1Br. The Morgan fingerprint density at radius 1 is 1.33 bits per heavy atom. The summed E-state index contributed by atoms with van der Waals surface area (Å²) in [6.07, 6.45) is 0.499. The summed E-state index contributed by atoms with van der Waals surface area (Å²) in [6.45, 7) is 1.49. The molecule has 0 spiro atoms. The monoisotopic (exact) mass is 392 g/mol. The highest BCUT2D eigenvalue weighted by molar-refractivity contribution is 9.10. The highest BCUT2D eigenvalue weighted by atomic mass is 79.9. The predicted molar refractivity (Wildman–Crippen MR) is 91.5 cm³/mol. The molecule has 0 aliphatic carbocycles. The van der Waals surface area contributed by atoms with Crippen LogP contribution in [0.2, 0.25) is 0 Å². The molecule has 1 amide bonds. The number of benzene rings is 2. The van der Waals surface area contributed by atoms with Crippen molar-refractivity contribution in [2.24, 2.45) is 0 Å². The summed E-state index contributed by atoms with van der Waals surface area (Å²) in [5, 5.41) is 13.6. The first-order valence-electron chi connectivity index (χ1n) is 6.83. The average Bonchev–Trinajstić information content (AvgIpc) is 2.56. The Morgan fingerprint density at radius 3 is 2.71 bits per heavy atom. The number of carbonyl (C=O) groups is 2. The normalized spacial score (nSPS) is 10.1. The third-order valence-electron chi connectivity index (χ3n) is 3.12. The Morgan fingerprint density at radius 2 is 2.08 bits per heavy atom. The Balaban J connectivity index is 2.04. The molecule has 0 saturated carbocycles. The fraction of sp³-hybridized carbons (Fsp3) is 0.125. The number of rotatable bonds is 6. The van der Waals surface area contributed by atoms with E-state index in [4.69, 9.17) is 4.74 Å². The highest BCUT2D eigenvalue weighted by Gasteiger charge is 2.17. The Kier molecular flexibility index (Phi) is 5.64. The first-order valence-corrected chi connectivity index (χ1v) is 7.62. The molecule has 0 aliphatic rings. The first-order chi connectivity index (χ1) is 11.4. The summed E-state index contributed by atoms with van der Waals surface area (Å²) in [5.41, 5.74) is 1.33. The second-order valence-electron chi connectivity index (χ2n) is 4.90. The molecule has 0 atom stereocenters. The van der Waals surface area contributed by atoms with E-state index in [1.54, 1.807) is 18.2 Å². The fourth-order valence-corrected chi connectivity index (χ4v) is 2.18. The topological polar surface area (TPSA) is 98.5 Å². The van der Waals surface area contributed by atoms with Gasteiger partial charge in [0.15, 0.2) is 12.4 Å². The van der Waals surface area contributed by atoms with Crippen molar-refractivity contribution in [1.82, 2.24) is 0 Å². The molecule has 2 aromatic rings. The van der Waals surface area contributed by atoms with E-state index in [0.29, 0.717) is 12.0 Å². The molecular weight excluding hydrogens is 380 g/mol. The molecule has 0 bridgehead atoms. The number of nitrogens with zero attached hydrogens (tertiary/aromatic N) is 1. The lowest BCUT2D eigenvalue weighted by molar-refractivity contribution is -0.385. The molecule has 0 unspecified atom stereocenters. The van der Waals surface area contributed by atoms with Crippen molar-refractivity contribution in [3.05, 3.63) is 62.1 Å². The van der Waals surface area contributed by atoms with Crippen LogP contribution < -0.4 is 10.1 Å². The standard InChI is InChI=1S/C16H13BrN2O5/c1-10-6-12(3-4-13(10)17)18-16(21)9-24-15-5-2-11(8-20)7-14(15)19(22)23/h2-8H,9H2,1H3,(H,18,21). The van der Waals surface area contributed by atoms with E-state index < -0.39 is 17.4 Å². The molecule has 0 aliphatic heterocycles. The van der Waals surface area contributed by atoms with E-state index in [1.807, 2.05) is 6.92 Å². The maximum atomic E-state index is 11.9. The molecular formula is C16H13BrN2O5. The lowest BCUT2D eigenvalue weighted by Gasteiger charge is -2.09. The molecule has 8 heteroatoms. The van der Waals surface area contributed by atoms with Gasteiger partial charge < -0.3 is 10.1 Å². The zero-order chi connectivity index (χ0) is 17.7. The maximum Gasteiger partial charge on any atom is 0.311 e. The molecule has 0 aromatic heterocycles. The Bertz CT molecular complexity index is 807. The smallest absolute Gasteiger partial charge is 0.311 e. The van der Waals surface area contributed by atoms with Crippen molar-refractivity contribution < 1.29 is 19.2 Å². The number of aryl methyl sites for hydroxylation is 1. The number of anilines is 1. The summed E-state index contributed by atoms with van der Waals surface area (Å²) in [4.78, 5) is 32.9. The second-order valence-corrected chi connectivity index (χ2v) is 5.76. The van der Waals surface area contributed by atoms with Gasteiger partial charge in [-0.05, 0) is 42.8 Å². The van der Waals surface area contributed by atoms with E-state index in [9.17, 15) is 19.7 Å². The number of ether oxygens (including phenoxy) is 1. The van der Waals surface area contributed by atoms with Crippen LogP contribution in [-0.4, -0.2) is 23.7 Å². The average molecular weight is 393 g/mol. The van der Waals surface area contributed by atoms with Crippen LogP contribution in [0.4, 0.5) is 11.4 Å². The number of nitro groups is 1. The number of nitrogens with one attached hydrogen (secondary N) is 1. The number of nitro benzene ring substituents is 1. The van der Waals surface area contributed by atoms with Gasteiger partial charge in [0.2, 0.25) is 0 Å². The number of amides is 1. The van der Waals surface area contributed by atoms with Crippen LogP contribution in [0.1, 0.15) is 15.9 Å². The van der Waals surface area contributed by atoms with Crippen molar-refractivity contribution in [3.63, 3.8) is 0 Å². The minimum Gasteiger partial charge on any atom is -0.477 e. The van der Waals surface area contributed by atoms with Gasteiger partial charge in [0, 0.05) is 21.8 Å². The number of halogens is 1. The number of hydrogen-bond acceptors (Lipinski definition) is 5. The quantitative estimate of drug-likeness (QED) is 0.460. The van der Waals surface area contributed by atoms with E-state index in [-0.39, 0.29) is 17.0 Å². The van der Waals surface area contributed by atoms with Crippen LogP contribution in [0.5, 0.6) is 5.75 Å². The zero-order valence-electron chi connectivity index (χ0n) is 12.6. The zero-order valence-corrected chi connectivity index (χ0v) is 14.2. The van der Waals surface area contributed by atoms with Gasteiger partial charge in [0.25, 0.3) is 5.91 Å². The molecule has 2 rings (SSSR count). The van der Waals surface area contributed by atoms with Crippen LogP contribution in [-0.2, 0) is 4.79 Å². The predicted octanol–water partition coefficient (Wildman–Crippen LogP) is 3.50. The fourth-order valence-electron chi connectivity index (χ4n) is 1.94. The number of carbonyl (C=O) groups excluding carboxylic acids is 2. The van der Waals surface area contributed by atoms with Gasteiger partial charge in [-0.3, -0.25) is 19.7 Å². The van der Waals surface area contributed by atoms with Gasteiger partial charge in [-0.2, -0.15) is 0 Å². The van der Waals surface area contributed by atoms with Crippen LogP contribution in [0.15, 0.2) is 40.9 Å². The van der Waals surface area contributed by atoms with Crippen LogP contribution >= 0.6 is 15.9 Å². The highest BCUT2D eigenvalue weighted by Crippen LogP contribution is 2.27. The van der Waals surface area contributed by atoms with E-state index in [2.05, 4.69) is 21.2 Å². The summed E-state index contributed by atoms with van der Waals surface area (Å²) in [6, 6.07) is 9.07. The van der Waals surface area contributed by atoms with Crippen molar-refractivity contribution in [1.29, 1.82) is 0 Å². The second kappa shape index (κ2) is 7.69. The van der Waals surface area contributed by atoms with Gasteiger partial charge >= 0.3 is 5.69 Å². The lowest BCUT2D eigenvalue weighted by Crippen LogP contribution is -2.20. The largest absolute Gasteiger partial charge is 0.477 e. The molecule has 0 fully saturated rings. The molecule has 2 aromatic carbocycles. The van der Waals surface area contributed by atoms with Crippen molar-refractivity contribution in [2.75, 3.05) is 11.9 Å². The molecule has 7 nitrogen and oxygen atoms in total. The third kappa shape index (κ3) is 4.39. The van der Waals surface area contributed by atoms with Crippen molar-refractivity contribution >= 4 is 39.5 Å². The molecule has 1 N–H and O–H groups in total. The van der Waals surface area contributed by atoms with Gasteiger partial charge in [0.05, 0.1) is 4.92 Å². The Hall–Kier alpha value is -2.74. The number of hydrogen-bond donors (Lipinski definition) is 1. The molecule has 0 heterocycles. The van der Waals surface area contributed by atoms with E-state index in [0.717, 1.165) is 16.1 Å². The van der Waals surface area contributed by atoms with Crippen LogP contribution in [0, 0.1) is 17.0 Å². The van der Waals surface area contributed by atoms with E-state index in [1.165, 1.54) is 12.1 Å². The van der Waals surface area contributed by atoms with E-state index >= 15 is 0 Å². The molecule has 0 radical (unpaired) electrons. The lowest BCUT2D eigenvalue weighted by atomic mass is 10.2. The van der Waals surface area contributed by atoms with Crippen molar-refractivity contribution in [3.8, 4) is 5.75 Å². The van der Waals surface area contributed by atoms with Crippen molar-refractivity contribution in [2.45, 2.75) is 6.92 Å². The Labute approximate surface area is 145 Å². The van der Waals surface area contributed by atoms with Crippen LogP contribution in [0.25, 0.3) is 0 Å². The number of aldehydes is 1. The third-order valence-corrected chi connectivity index (χ3v) is 4.01.